The summed E-state index contributed by atoms with van der Waals surface area (Å²) in [7, 11) is 0. The third kappa shape index (κ3) is 65.7. The fourth-order valence-electron chi connectivity index (χ4n) is 8.62. The average Bonchev–Trinajstić information content (AvgIpc) is 3.47. The van der Waals surface area contributed by atoms with Crippen molar-refractivity contribution in [3.63, 3.8) is 0 Å². The van der Waals surface area contributed by atoms with Crippen molar-refractivity contribution in [3.05, 3.63) is 158 Å². The van der Waals surface area contributed by atoms with E-state index >= 15 is 0 Å². The average molecular weight is 1120 g/mol. The van der Waals surface area contributed by atoms with Crippen molar-refractivity contribution in [1.29, 1.82) is 0 Å². The Kier molecular flexibility index (Phi) is 63.4. The minimum Gasteiger partial charge on any atom is -0.462 e. The molecule has 0 aliphatic rings. The van der Waals surface area contributed by atoms with Crippen LogP contribution in [0.4, 0.5) is 0 Å². The third-order valence-electron chi connectivity index (χ3n) is 13.5. The molecular weight excluding hydrogens is 997 g/mol. The summed E-state index contributed by atoms with van der Waals surface area (Å²) < 4.78 is 16.9. The number of unbranched alkanes of at least 4 members (excludes halogenated alkanes) is 21. The normalized spacial score (nSPS) is 13.2. The van der Waals surface area contributed by atoms with Crippen molar-refractivity contribution >= 4 is 17.9 Å². The first-order chi connectivity index (χ1) is 40.0. The highest BCUT2D eigenvalue weighted by Gasteiger charge is 2.19. The smallest absolute Gasteiger partial charge is 0.306 e. The van der Waals surface area contributed by atoms with E-state index in [1.54, 1.807) is 0 Å². The molecule has 1 unspecified atom stereocenters. The monoisotopic (exact) mass is 1120 g/mol. The third-order valence-corrected chi connectivity index (χ3v) is 13.5. The molecule has 6 heteroatoms. The van der Waals surface area contributed by atoms with Crippen molar-refractivity contribution < 1.29 is 28.6 Å². The van der Waals surface area contributed by atoms with Crippen LogP contribution in [-0.4, -0.2) is 37.2 Å². The lowest BCUT2D eigenvalue weighted by molar-refractivity contribution is -0.167. The Morgan fingerprint density at radius 1 is 0.259 bits per heavy atom. The summed E-state index contributed by atoms with van der Waals surface area (Å²) in [5.41, 5.74) is 0. The van der Waals surface area contributed by atoms with Gasteiger partial charge < -0.3 is 14.2 Å². The predicted octanol–water partition coefficient (Wildman–Crippen LogP) is 22.9. The zero-order valence-electron chi connectivity index (χ0n) is 52.2. The molecule has 0 saturated carbocycles. The van der Waals surface area contributed by atoms with Gasteiger partial charge in [0, 0.05) is 19.3 Å². The van der Waals surface area contributed by atoms with Crippen LogP contribution in [0.3, 0.4) is 0 Å². The number of hydrogen-bond donors (Lipinski definition) is 0. The number of hydrogen-bond acceptors (Lipinski definition) is 6. The summed E-state index contributed by atoms with van der Waals surface area (Å²) >= 11 is 0. The first kappa shape index (κ1) is 76.0. The van der Waals surface area contributed by atoms with Crippen molar-refractivity contribution in [2.45, 2.75) is 284 Å². The highest BCUT2D eigenvalue weighted by atomic mass is 16.6. The summed E-state index contributed by atoms with van der Waals surface area (Å²) in [6, 6.07) is 0. The molecule has 0 radical (unpaired) electrons. The molecule has 0 aromatic heterocycles. The van der Waals surface area contributed by atoms with Gasteiger partial charge in [0.2, 0.25) is 0 Å². The van der Waals surface area contributed by atoms with Gasteiger partial charge >= 0.3 is 17.9 Å². The second kappa shape index (κ2) is 67.5. The molecule has 0 spiro atoms. The Morgan fingerprint density at radius 2 is 0.481 bits per heavy atom. The molecule has 0 saturated heterocycles. The molecule has 0 aliphatic carbocycles. The molecule has 81 heavy (non-hydrogen) atoms. The van der Waals surface area contributed by atoms with Crippen molar-refractivity contribution in [2.75, 3.05) is 13.2 Å². The van der Waals surface area contributed by atoms with E-state index in [4.69, 9.17) is 14.2 Å². The van der Waals surface area contributed by atoms with E-state index in [0.717, 1.165) is 148 Å². The summed E-state index contributed by atoms with van der Waals surface area (Å²) in [5, 5.41) is 0. The summed E-state index contributed by atoms with van der Waals surface area (Å²) in [6.45, 7) is 6.35. The van der Waals surface area contributed by atoms with E-state index in [0.29, 0.717) is 25.7 Å². The number of carbonyl (C=O) groups excluding carboxylic acids is 3. The van der Waals surface area contributed by atoms with Crippen molar-refractivity contribution in [1.82, 2.24) is 0 Å². The Bertz CT molecular complexity index is 1810. The van der Waals surface area contributed by atoms with E-state index in [2.05, 4.69) is 179 Å². The zero-order chi connectivity index (χ0) is 58.5. The second-order valence-electron chi connectivity index (χ2n) is 21.3. The SMILES string of the molecule is CC/C=C\C/C=C\C/C=C\C/C=C\C/C=C\C/C=C\C/C=C\C/C=C\CCCCC(=O)OCC(COC(=O)CCCCCCC/C=C\C/C=C\C/C=C\CC)OC(=O)CCCCCCCCCCC/C=C\C/C=C\CCCCCCC. The molecule has 0 fully saturated rings. The lowest BCUT2D eigenvalue weighted by atomic mass is 10.1. The van der Waals surface area contributed by atoms with Gasteiger partial charge in [0.1, 0.15) is 13.2 Å². The molecule has 0 amide bonds. The molecule has 0 rings (SSSR count). The summed E-state index contributed by atoms with van der Waals surface area (Å²) in [4.78, 5) is 38.4. The number of ether oxygens (including phenoxy) is 3. The van der Waals surface area contributed by atoms with E-state index in [1.165, 1.54) is 83.5 Å². The van der Waals surface area contributed by atoms with Crippen LogP contribution in [0, 0.1) is 0 Å². The van der Waals surface area contributed by atoms with Gasteiger partial charge in [0.05, 0.1) is 0 Å². The standard InChI is InChI=1S/C75H120O6/c1-4-7-10-13-16-19-22-25-28-30-32-34-35-36-37-38-39-41-42-44-47-50-53-56-59-62-65-68-74(77)80-71-72(70-79-73(76)67-64-61-58-55-52-49-46-27-24-21-18-15-12-9-6-3)81-75(78)69-66-63-60-57-54-51-48-45-43-40-33-31-29-26-23-20-17-14-11-8-5-2/h7,9-10,12,16,18-19,21,23,25-28,31-34,36-37,39,41,44,46-47,53,56,72H,4-6,8,11,13-15,17,20,22,24,29-30,35,38,40,42-43,45,48-52,54-55,57-71H2,1-3H3/b10-7-,12-9-,19-16-,21-18-,26-23-,28-25-,33-31-,34-32-,37-36-,41-39-,46-27-,47-44-,56-53-. The van der Waals surface area contributed by atoms with Gasteiger partial charge in [-0.15, -0.1) is 0 Å². The number of esters is 3. The molecule has 0 aromatic carbocycles. The van der Waals surface area contributed by atoms with Gasteiger partial charge in [-0.1, -0.05) is 269 Å². The van der Waals surface area contributed by atoms with Crippen LogP contribution < -0.4 is 0 Å². The van der Waals surface area contributed by atoms with E-state index in [9.17, 15) is 14.4 Å². The molecule has 0 bridgehead atoms. The fourth-order valence-corrected chi connectivity index (χ4v) is 8.62. The minimum absolute atomic E-state index is 0.109. The van der Waals surface area contributed by atoms with Crippen LogP contribution in [0.25, 0.3) is 0 Å². The van der Waals surface area contributed by atoms with Crippen LogP contribution in [-0.2, 0) is 28.6 Å². The molecule has 0 heterocycles. The van der Waals surface area contributed by atoms with Crippen molar-refractivity contribution in [2.24, 2.45) is 0 Å². The zero-order valence-corrected chi connectivity index (χ0v) is 52.2. The van der Waals surface area contributed by atoms with Gasteiger partial charge in [-0.3, -0.25) is 14.4 Å². The Hall–Kier alpha value is -4.97. The molecule has 0 aromatic rings. The maximum Gasteiger partial charge on any atom is 0.306 e. The predicted molar refractivity (Wildman–Crippen MR) is 352 cm³/mol. The lowest BCUT2D eigenvalue weighted by Gasteiger charge is -2.18. The molecule has 6 nitrogen and oxygen atoms in total. The van der Waals surface area contributed by atoms with E-state index in [-0.39, 0.29) is 31.1 Å². The molecule has 1 atom stereocenters. The number of allylic oxidation sites excluding steroid dienone is 26. The molecule has 0 aliphatic heterocycles. The van der Waals surface area contributed by atoms with Crippen LogP contribution in [0.15, 0.2) is 158 Å². The Labute approximate surface area is 499 Å². The Balaban J connectivity index is 4.49. The maximum atomic E-state index is 12.9. The van der Waals surface area contributed by atoms with Gasteiger partial charge in [-0.25, -0.2) is 0 Å². The maximum absolute atomic E-state index is 12.9. The summed E-state index contributed by atoms with van der Waals surface area (Å²) in [5.74, 6) is -0.974. The first-order valence-electron chi connectivity index (χ1n) is 33.0. The molecule has 456 valence electrons. The van der Waals surface area contributed by atoms with Crippen LogP contribution in [0.5, 0.6) is 0 Å². The quantitative estimate of drug-likeness (QED) is 0.0261. The van der Waals surface area contributed by atoms with Crippen LogP contribution >= 0.6 is 0 Å². The van der Waals surface area contributed by atoms with Gasteiger partial charge in [-0.05, 0) is 148 Å². The van der Waals surface area contributed by atoms with Crippen LogP contribution in [0.1, 0.15) is 278 Å². The fraction of sp³-hybridized carbons (Fsp3) is 0.613. The summed E-state index contributed by atoms with van der Waals surface area (Å²) in [6.07, 6.45) is 98.2. The first-order valence-corrected chi connectivity index (χ1v) is 33.0. The van der Waals surface area contributed by atoms with E-state index in [1.807, 2.05) is 0 Å². The van der Waals surface area contributed by atoms with Gasteiger partial charge in [0.25, 0.3) is 0 Å². The number of rotatable bonds is 58. The number of carbonyl (C=O) groups is 3. The van der Waals surface area contributed by atoms with Gasteiger partial charge in [-0.2, -0.15) is 0 Å². The highest BCUT2D eigenvalue weighted by Crippen LogP contribution is 2.15. The highest BCUT2D eigenvalue weighted by molar-refractivity contribution is 5.71. The van der Waals surface area contributed by atoms with Gasteiger partial charge in [0.15, 0.2) is 6.10 Å². The van der Waals surface area contributed by atoms with Crippen LogP contribution in [0.2, 0.25) is 0 Å². The lowest BCUT2D eigenvalue weighted by Crippen LogP contribution is -2.30. The minimum atomic E-state index is -0.815. The van der Waals surface area contributed by atoms with Crippen molar-refractivity contribution in [3.8, 4) is 0 Å². The Morgan fingerprint density at radius 3 is 0.778 bits per heavy atom. The van der Waals surface area contributed by atoms with E-state index < -0.39 is 6.10 Å². The molecule has 0 N–H and O–H groups in total. The largest absolute Gasteiger partial charge is 0.462 e. The second-order valence-corrected chi connectivity index (χ2v) is 21.3. The topological polar surface area (TPSA) is 78.9 Å². The molecular formula is C75H120O6.